The van der Waals surface area contributed by atoms with E-state index in [9.17, 15) is 14.4 Å². The quantitative estimate of drug-likeness (QED) is 0.220. The zero-order valence-corrected chi connectivity index (χ0v) is 22.4. The molecule has 0 unspecified atom stereocenters. The number of anilines is 1. The van der Waals surface area contributed by atoms with Gasteiger partial charge < -0.3 is 4.74 Å². The van der Waals surface area contributed by atoms with Gasteiger partial charge in [0.1, 0.15) is 5.75 Å². The molecule has 0 spiro atoms. The van der Waals surface area contributed by atoms with Crippen molar-refractivity contribution in [3.63, 3.8) is 0 Å². The zero-order valence-electron chi connectivity index (χ0n) is 22.4. The van der Waals surface area contributed by atoms with Crippen LogP contribution in [0.15, 0.2) is 108 Å². The van der Waals surface area contributed by atoms with Gasteiger partial charge in [-0.25, -0.2) is 10.3 Å². The van der Waals surface area contributed by atoms with E-state index in [0.717, 1.165) is 27.8 Å². The summed E-state index contributed by atoms with van der Waals surface area (Å²) in [6.07, 6.45) is 1.85. The van der Waals surface area contributed by atoms with Crippen molar-refractivity contribution in [2.75, 3.05) is 12.0 Å². The lowest BCUT2D eigenvalue weighted by molar-refractivity contribution is -0.123. The lowest BCUT2D eigenvalue weighted by Gasteiger charge is -2.52. The first-order valence-electron chi connectivity index (χ1n) is 13.6. The van der Waals surface area contributed by atoms with Crippen molar-refractivity contribution < 1.29 is 19.1 Å². The maximum Gasteiger partial charge on any atom is 0.244 e. The van der Waals surface area contributed by atoms with Crippen LogP contribution in [0.25, 0.3) is 0 Å². The first-order valence-corrected chi connectivity index (χ1v) is 13.6. The molecule has 202 valence electrons. The summed E-state index contributed by atoms with van der Waals surface area (Å²) in [7, 11) is 1.53. The standard InChI is InChI=1S/C34H27N3O4/c1-41-27-18-10-9-17-26(27)37-32(39)30-29-22-13-5-7-15-24(22)34(31(30)33(37)40,25-16-8-6-14-23(25)29)20-35-36-28(38)19-21-11-3-2-4-12-21/h2-18,20,29-31H,19H2,1H3,(H,36,38)/b35-20-/t29?,30-,31-,34?/m1/s1. The van der Waals surface area contributed by atoms with Crippen LogP contribution in [0.5, 0.6) is 5.75 Å². The molecule has 7 heteroatoms. The van der Waals surface area contributed by atoms with Gasteiger partial charge in [0, 0.05) is 12.1 Å². The Morgan fingerprint density at radius 2 is 1.46 bits per heavy atom. The molecule has 2 atom stereocenters. The molecular formula is C34H27N3O4. The van der Waals surface area contributed by atoms with Crippen LogP contribution in [0.4, 0.5) is 5.69 Å². The number of carbonyl (C=O) groups is 3. The summed E-state index contributed by atoms with van der Waals surface area (Å²) in [5.41, 5.74) is 6.77. The molecule has 3 aliphatic carbocycles. The maximum atomic E-state index is 14.5. The molecule has 8 rings (SSSR count). The highest BCUT2D eigenvalue weighted by Crippen LogP contribution is 2.63. The van der Waals surface area contributed by atoms with Gasteiger partial charge in [-0.3, -0.25) is 14.4 Å². The molecular weight excluding hydrogens is 514 g/mol. The smallest absolute Gasteiger partial charge is 0.244 e. The van der Waals surface area contributed by atoms with Gasteiger partial charge in [0.2, 0.25) is 17.7 Å². The van der Waals surface area contributed by atoms with E-state index in [4.69, 9.17) is 4.74 Å². The van der Waals surface area contributed by atoms with Crippen molar-refractivity contribution in [2.45, 2.75) is 17.8 Å². The first-order chi connectivity index (χ1) is 20.1. The number of rotatable bonds is 6. The third-order valence-corrected chi connectivity index (χ3v) is 8.67. The van der Waals surface area contributed by atoms with Gasteiger partial charge in [0.05, 0.1) is 36.5 Å². The van der Waals surface area contributed by atoms with E-state index in [0.29, 0.717) is 11.4 Å². The van der Waals surface area contributed by atoms with Gasteiger partial charge in [0.15, 0.2) is 0 Å². The predicted molar refractivity (Wildman–Crippen MR) is 155 cm³/mol. The maximum absolute atomic E-state index is 14.5. The number of ether oxygens (including phenoxy) is 1. The van der Waals surface area contributed by atoms with E-state index < -0.39 is 17.3 Å². The number of nitrogens with zero attached hydrogens (tertiary/aromatic N) is 2. The van der Waals surface area contributed by atoms with Crippen molar-refractivity contribution >= 4 is 29.6 Å². The van der Waals surface area contributed by atoms with Crippen molar-refractivity contribution in [3.05, 3.63) is 131 Å². The second kappa shape index (κ2) is 9.55. The van der Waals surface area contributed by atoms with Crippen molar-refractivity contribution in [1.82, 2.24) is 5.43 Å². The average molecular weight is 542 g/mol. The van der Waals surface area contributed by atoms with E-state index >= 15 is 0 Å². The summed E-state index contributed by atoms with van der Waals surface area (Å²) in [6, 6.07) is 32.4. The van der Waals surface area contributed by atoms with E-state index in [1.165, 1.54) is 12.0 Å². The largest absolute Gasteiger partial charge is 0.495 e. The van der Waals surface area contributed by atoms with Crippen molar-refractivity contribution in [2.24, 2.45) is 16.9 Å². The molecule has 4 aromatic carbocycles. The summed E-state index contributed by atoms with van der Waals surface area (Å²) in [5.74, 6) is -2.05. The number of amides is 3. The third-order valence-electron chi connectivity index (χ3n) is 8.67. The fourth-order valence-electron chi connectivity index (χ4n) is 7.13. The number of benzene rings is 4. The Morgan fingerprint density at radius 3 is 2.15 bits per heavy atom. The van der Waals surface area contributed by atoms with Gasteiger partial charge >= 0.3 is 0 Å². The minimum atomic E-state index is -1.06. The van der Waals surface area contributed by atoms with Crippen LogP contribution < -0.4 is 15.1 Å². The van der Waals surface area contributed by atoms with Gasteiger partial charge in [-0.2, -0.15) is 5.10 Å². The van der Waals surface area contributed by atoms with Gasteiger partial charge in [-0.1, -0.05) is 91.0 Å². The molecule has 0 saturated carbocycles. The lowest BCUT2D eigenvalue weighted by Crippen LogP contribution is -2.54. The lowest BCUT2D eigenvalue weighted by atomic mass is 9.47. The summed E-state index contributed by atoms with van der Waals surface area (Å²) in [6.45, 7) is 0. The minimum Gasteiger partial charge on any atom is -0.495 e. The van der Waals surface area contributed by atoms with Crippen molar-refractivity contribution in [3.8, 4) is 5.75 Å². The minimum absolute atomic E-state index is 0.172. The molecule has 7 nitrogen and oxygen atoms in total. The molecule has 3 amide bonds. The summed E-state index contributed by atoms with van der Waals surface area (Å²) < 4.78 is 5.55. The number of nitrogens with one attached hydrogen (secondary N) is 1. The number of para-hydroxylation sites is 2. The molecule has 1 saturated heterocycles. The summed E-state index contributed by atoms with van der Waals surface area (Å²) in [4.78, 5) is 42.9. The molecule has 2 bridgehead atoms. The van der Waals surface area contributed by atoms with Crippen LogP contribution in [0, 0.1) is 11.8 Å². The molecule has 4 aliphatic rings. The summed E-state index contributed by atoms with van der Waals surface area (Å²) >= 11 is 0. The second-order valence-corrected chi connectivity index (χ2v) is 10.7. The number of methoxy groups -OCH3 is 1. The van der Waals surface area contributed by atoms with Crippen LogP contribution >= 0.6 is 0 Å². The molecule has 41 heavy (non-hydrogen) atoms. The van der Waals surface area contributed by atoms with Crippen LogP contribution in [0.1, 0.15) is 33.7 Å². The van der Waals surface area contributed by atoms with Gasteiger partial charge in [-0.05, 0) is 39.9 Å². The van der Waals surface area contributed by atoms with E-state index in [1.807, 2.05) is 84.9 Å². The Hall–Kier alpha value is -5.04. The first kappa shape index (κ1) is 25.0. The van der Waals surface area contributed by atoms with E-state index in [2.05, 4.69) is 10.5 Å². The molecule has 1 heterocycles. The molecule has 1 aliphatic heterocycles. The van der Waals surface area contributed by atoms with Gasteiger partial charge in [-0.15, -0.1) is 0 Å². The monoisotopic (exact) mass is 541 g/mol. The van der Waals surface area contributed by atoms with Crippen LogP contribution in [0.3, 0.4) is 0 Å². The summed E-state index contributed by atoms with van der Waals surface area (Å²) in [5, 5.41) is 4.48. The number of imide groups is 1. The number of hydrogen-bond acceptors (Lipinski definition) is 5. The Bertz CT molecular complexity index is 1680. The van der Waals surface area contributed by atoms with Crippen LogP contribution in [-0.2, 0) is 26.2 Å². The number of hydrogen-bond donors (Lipinski definition) is 1. The fourth-order valence-corrected chi connectivity index (χ4v) is 7.13. The third kappa shape index (κ3) is 3.58. The highest BCUT2D eigenvalue weighted by Gasteiger charge is 2.68. The highest BCUT2D eigenvalue weighted by molar-refractivity contribution is 6.25. The molecule has 1 fully saturated rings. The Balaban J connectivity index is 1.37. The Labute approximate surface area is 237 Å². The number of carbonyl (C=O) groups excluding carboxylic acids is 3. The molecule has 1 N–H and O–H groups in total. The molecule has 0 aromatic heterocycles. The SMILES string of the molecule is COc1ccccc1N1C(=O)[C@@H]2C3c4ccccc4C(/C=N\NC(=O)Cc4ccccc4)(c4ccccc43)[C@H]2C1=O. The van der Waals surface area contributed by atoms with E-state index in [-0.39, 0.29) is 30.1 Å². The van der Waals surface area contributed by atoms with E-state index in [1.54, 1.807) is 24.4 Å². The van der Waals surface area contributed by atoms with Crippen molar-refractivity contribution in [1.29, 1.82) is 0 Å². The second-order valence-electron chi connectivity index (χ2n) is 10.7. The topological polar surface area (TPSA) is 88.1 Å². The normalized spacial score (nSPS) is 23.7. The average Bonchev–Trinajstić information content (AvgIpc) is 3.28. The highest BCUT2D eigenvalue weighted by atomic mass is 16.5. The van der Waals surface area contributed by atoms with Crippen LogP contribution in [-0.4, -0.2) is 31.0 Å². The Kier molecular flexibility index (Phi) is 5.82. The molecule has 4 aromatic rings. The van der Waals surface area contributed by atoms with Crippen LogP contribution in [0.2, 0.25) is 0 Å². The fraction of sp³-hybridized carbons (Fsp3) is 0.176. The number of hydrazone groups is 1. The Morgan fingerprint density at radius 1 is 0.854 bits per heavy atom. The molecule has 0 radical (unpaired) electrons. The predicted octanol–water partition coefficient (Wildman–Crippen LogP) is 4.59. The van der Waals surface area contributed by atoms with Gasteiger partial charge in [0.25, 0.3) is 0 Å². The zero-order chi connectivity index (χ0) is 28.1.